The van der Waals surface area contributed by atoms with Gasteiger partial charge in [-0.2, -0.15) is 0 Å². The standard InChI is InChI=1S/C16H16FN3/c17-13-7-5-11(6-8-13)9-12(10-18)16-19-14-3-1-2-4-15(14)20-16/h1-8,12H,9-10,18H2,(H,19,20). The first-order valence-electron chi connectivity index (χ1n) is 6.65. The second kappa shape index (κ2) is 5.43. The summed E-state index contributed by atoms with van der Waals surface area (Å²) in [6, 6.07) is 14.4. The molecule has 1 aromatic heterocycles. The number of aromatic amines is 1. The molecule has 0 fully saturated rings. The summed E-state index contributed by atoms with van der Waals surface area (Å²) in [6.07, 6.45) is 0.747. The first kappa shape index (κ1) is 12.8. The third-order valence-corrected chi connectivity index (χ3v) is 3.47. The number of nitrogens with zero attached hydrogens (tertiary/aromatic N) is 1. The summed E-state index contributed by atoms with van der Waals surface area (Å²) in [5.74, 6) is 0.771. The maximum atomic E-state index is 12.9. The molecule has 20 heavy (non-hydrogen) atoms. The normalized spacial score (nSPS) is 12.7. The average molecular weight is 269 g/mol. The monoisotopic (exact) mass is 269 g/mol. The van der Waals surface area contributed by atoms with Gasteiger partial charge in [0.05, 0.1) is 11.0 Å². The number of para-hydroxylation sites is 2. The SMILES string of the molecule is NCC(Cc1ccc(F)cc1)c1nc2ccccc2[nH]1. The summed E-state index contributed by atoms with van der Waals surface area (Å²) >= 11 is 0. The topological polar surface area (TPSA) is 54.7 Å². The van der Waals surface area contributed by atoms with Crippen molar-refractivity contribution in [2.24, 2.45) is 5.73 Å². The van der Waals surface area contributed by atoms with Crippen LogP contribution >= 0.6 is 0 Å². The van der Waals surface area contributed by atoms with Crippen molar-refractivity contribution < 1.29 is 4.39 Å². The predicted octanol–water partition coefficient (Wildman–Crippen LogP) is 2.99. The Morgan fingerprint density at radius 1 is 1.10 bits per heavy atom. The van der Waals surface area contributed by atoms with Crippen LogP contribution in [0, 0.1) is 5.82 Å². The molecule has 3 N–H and O–H groups in total. The van der Waals surface area contributed by atoms with E-state index >= 15 is 0 Å². The molecule has 3 rings (SSSR count). The van der Waals surface area contributed by atoms with Crippen molar-refractivity contribution in [3.05, 3.63) is 65.7 Å². The van der Waals surface area contributed by atoms with Crippen molar-refractivity contribution in [3.63, 3.8) is 0 Å². The number of H-pyrrole nitrogens is 1. The molecule has 0 bridgehead atoms. The summed E-state index contributed by atoms with van der Waals surface area (Å²) in [6.45, 7) is 0.497. The minimum absolute atomic E-state index is 0.105. The number of halogens is 1. The van der Waals surface area contributed by atoms with Gasteiger partial charge < -0.3 is 10.7 Å². The molecule has 0 aliphatic carbocycles. The van der Waals surface area contributed by atoms with Crippen molar-refractivity contribution in [2.75, 3.05) is 6.54 Å². The summed E-state index contributed by atoms with van der Waals surface area (Å²) in [5, 5.41) is 0. The van der Waals surface area contributed by atoms with Crippen molar-refractivity contribution >= 4 is 11.0 Å². The van der Waals surface area contributed by atoms with Crippen LogP contribution in [0.4, 0.5) is 4.39 Å². The van der Waals surface area contributed by atoms with Crippen molar-refractivity contribution in [3.8, 4) is 0 Å². The fourth-order valence-electron chi connectivity index (χ4n) is 2.36. The highest BCUT2D eigenvalue weighted by atomic mass is 19.1. The van der Waals surface area contributed by atoms with Crippen LogP contribution in [0.1, 0.15) is 17.3 Å². The fraction of sp³-hybridized carbons (Fsp3) is 0.188. The highest BCUT2D eigenvalue weighted by Crippen LogP contribution is 2.21. The van der Waals surface area contributed by atoms with Gasteiger partial charge in [0.15, 0.2) is 0 Å². The smallest absolute Gasteiger partial charge is 0.123 e. The van der Waals surface area contributed by atoms with E-state index in [1.807, 2.05) is 24.3 Å². The Hall–Kier alpha value is -2.20. The Bertz CT molecular complexity index is 670. The molecule has 0 saturated heterocycles. The fourth-order valence-corrected chi connectivity index (χ4v) is 2.36. The number of benzene rings is 2. The molecule has 0 saturated carbocycles. The van der Waals surface area contributed by atoms with Gasteiger partial charge in [-0.15, -0.1) is 0 Å². The molecular weight excluding hydrogens is 253 g/mol. The average Bonchev–Trinajstić information content (AvgIpc) is 2.90. The Balaban J connectivity index is 1.87. The van der Waals surface area contributed by atoms with E-state index < -0.39 is 0 Å². The lowest BCUT2D eigenvalue weighted by molar-refractivity contribution is 0.623. The van der Waals surface area contributed by atoms with Crippen molar-refractivity contribution in [2.45, 2.75) is 12.3 Å². The number of aromatic nitrogens is 2. The Labute approximate surface area is 116 Å². The van der Waals surface area contributed by atoms with Crippen molar-refractivity contribution in [1.82, 2.24) is 9.97 Å². The Morgan fingerprint density at radius 2 is 1.85 bits per heavy atom. The van der Waals surface area contributed by atoms with Gasteiger partial charge >= 0.3 is 0 Å². The van der Waals surface area contributed by atoms with Gasteiger partial charge in [0.2, 0.25) is 0 Å². The largest absolute Gasteiger partial charge is 0.342 e. The molecule has 102 valence electrons. The summed E-state index contributed by atoms with van der Waals surface area (Å²) in [7, 11) is 0. The van der Waals surface area contributed by atoms with Gasteiger partial charge in [-0.3, -0.25) is 0 Å². The molecular formula is C16H16FN3. The maximum Gasteiger partial charge on any atom is 0.123 e. The van der Waals surface area contributed by atoms with Gasteiger partial charge in [-0.05, 0) is 36.2 Å². The third-order valence-electron chi connectivity index (χ3n) is 3.47. The van der Waals surface area contributed by atoms with Gasteiger partial charge in [0, 0.05) is 12.5 Å². The number of nitrogens with two attached hydrogens (primary N) is 1. The van der Waals surface area contributed by atoms with E-state index in [1.54, 1.807) is 12.1 Å². The lowest BCUT2D eigenvalue weighted by Crippen LogP contribution is -2.16. The number of nitrogens with one attached hydrogen (secondary N) is 1. The number of fused-ring (bicyclic) bond motifs is 1. The minimum Gasteiger partial charge on any atom is -0.342 e. The molecule has 2 aromatic carbocycles. The van der Waals surface area contributed by atoms with E-state index in [4.69, 9.17) is 5.73 Å². The lowest BCUT2D eigenvalue weighted by Gasteiger charge is -2.12. The number of hydrogen-bond acceptors (Lipinski definition) is 2. The van der Waals surface area contributed by atoms with E-state index in [9.17, 15) is 4.39 Å². The first-order chi connectivity index (χ1) is 9.76. The summed E-state index contributed by atoms with van der Waals surface area (Å²) < 4.78 is 12.9. The third kappa shape index (κ3) is 2.56. The predicted molar refractivity (Wildman–Crippen MR) is 78.0 cm³/mol. The molecule has 1 heterocycles. The zero-order valence-corrected chi connectivity index (χ0v) is 11.0. The Morgan fingerprint density at radius 3 is 2.55 bits per heavy atom. The molecule has 0 amide bonds. The van der Waals surface area contributed by atoms with E-state index in [0.29, 0.717) is 6.54 Å². The zero-order valence-electron chi connectivity index (χ0n) is 11.0. The van der Waals surface area contributed by atoms with Crippen LogP contribution in [0.15, 0.2) is 48.5 Å². The molecule has 1 unspecified atom stereocenters. The molecule has 4 heteroatoms. The van der Waals surface area contributed by atoms with Crippen molar-refractivity contribution in [1.29, 1.82) is 0 Å². The van der Waals surface area contributed by atoms with Gasteiger partial charge in [-0.25, -0.2) is 9.37 Å². The zero-order chi connectivity index (χ0) is 13.9. The van der Waals surface area contributed by atoms with Crippen LogP contribution in [-0.4, -0.2) is 16.5 Å². The van der Waals surface area contributed by atoms with E-state index in [2.05, 4.69) is 9.97 Å². The summed E-state index contributed by atoms with van der Waals surface area (Å²) in [5.41, 5.74) is 8.89. The van der Waals surface area contributed by atoms with Crippen LogP contribution in [0.5, 0.6) is 0 Å². The molecule has 0 spiro atoms. The highest BCUT2D eigenvalue weighted by Gasteiger charge is 2.15. The number of rotatable bonds is 4. The highest BCUT2D eigenvalue weighted by molar-refractivity contribution is 5.74. The second-order valence-electron chi connectivity index (χ2n) is 4.90. The van der Waals surface area contributed by atoms with Crippen LogP contribution in [-0.2, 0) is 6.42 Å². The molecule has 1 atom stereocenters. The van der Waals surface area contributed by atoms with E-state index in [1.165, 1.54) is 12.1 Å². The molecule has 0 aliphatic heterocycles. The molecule has 3 aromatic rings. The van der Waals surface area contributed by atoms with Gasteiger partial charge in [0.25, 0.3) is 0 Å². The molecule has 3 nitrogen and oxygen atoms in total. The maximum absolute atomic E-state index is 12.9. The van der Waals surface area contributed by atoms with Crippen LogP contribution in [0.3, 0.4) is 0 Å². The van der Waals surface area contributed by atoms with Crippen LogP contribution < -0.4 is 5.73 Å². The quantitative estimate of drug-likeness (QED) is 0.765. The first-order valence-corrected chi connectivity index (χ1v) is 6.65. The number of hydrogen-bond donors (Lipinski definition) is 2. The second-order valence-corrected chi connectivity index (χ2v) is 4.90. The molecule has 0 aliphatic rings. The Kier molecular flexibility index (Phi) is 3.48. The summed E-state index contributed by atoms with van der Waals surface area (Å²) in [4.78, 5) is 7.90. The van der Waals surface area contributed by atoms with E-state index in [0.717, 1.165) is 28.8 Å². The van der Waals surface area contributed by atoms with Gasteiger partial charge in [-0.1, -0.05) is 24.3 Å². The van der Waals surface area contributed by atoms with Crippen LogP contribution in [0.2, 0.25) is 0 Å². The number of imidazole rings is 1. The molecule has 0 radical (unpaired) electrons. The van der Waals surface area contributed by atoms with E-state index in [-0.39, 0.29) is 11.7 Å². The minimum atomic E-state index is -0.221. The van der Waals surface area contributed by atoms with Gasteiger partial charge in [0.1, 0.15) is 11.6 Å². The lowest BCUT2D eigenvalue weighted by atomic mass is 9.99. The van der Waals surface area contributed by atoms with Crippen LogP contribution in [0.25, 0.3) is 11.0 Å².